The Kier molecular flexibility index (Phi) is 9.69. The van der Waals surface area contributed by atoms with Crippen LogP contribution in [0.4, 0.5) is 0 Å². The predicted octanol–water partition coefficient (Wildman–Crippen LogP) is 9.44. The highest BCUT2D eigenvalue weighted by Gasteiger charge is 2.51. The summed E-state index contributed by atoms with van der Waals surface area (Å²) in [6.45, 7) is 32.8. The largest absolute Gasteiger partial charge is 0.0875 e. The summed E-state index contributed by atoms with van der Waals surface area (Å²) < 4.78 is 0. The molecule has 0 aliphatic heterocycles. The highest BCUT2D eigenvalue weighted by Crippen LogP contribution is 2.79. The van der Waals surface area contributed by atoms with E-state index in [9.17, 15) is 0 Å². The van der Waals surface area contributed by atoms with Gasteiger partial charge in [0.25, 0.3) is 0 Å². The zero-order valence-corrected chi connectivity index (χ0v) is 21.8. The molecule has 0 saturated carbocycles. The van der Waals surface area contributed by atoms with E-state index in [0.717, 1.165) is 5.40 Å². The fourth-order valence-corrected chi connectivity index (χ4v) is 17.7. The molecule has 0 N–H and O–H groups in total. The van der Waals surface area contributed by atoms with Crippen molar-refractivity contribution in [2.45, 2.75) is 148 Å². The lowest BCUT2D eigenvalue weighted by molar-refractivity contribution is 0.579. The Bertz CT molecular complexity index is 325. The van der Waals surface area contributed by atoms with E-state index in [2.05, 4.69) is 90.0 Å². The topological polar surface area (TPSA) is 0 Å². The quantitative estimate of drug-likeness (QED) is 0.309. The molecule has 0 amide bonds. The fraction of sp³-hybridized carbons (Fsp3) is 1.00. The summed E-state index contributed by atoms with van der Waals surface area (Å²) in [7, 11) is -0.123. The average molecular weight is 389 g/mol. The van der Waals surface area contributed by atoms with Gasteiger partial charge in [0.15, 0.2) is 0 Å². The molecule has 2 heteroatoms. The maximum Gasteiger partial charge on any atom is 0.00107 e. The minimum Gasteiger partial charge on any atom is -0.0875 e. The van der Waals surface area contributed by atoms with E-state index in [1.165, 1.54) is 32.1 Å². The van der Waals surface area contributed by atoms with Gasteiger partial charge in [0.05, 0.1) is 0 Å². The molecule has 0 spiro atoms. The van der Waals surface area contributed by atoms with Crippen molar-refractivity contribution in [1.29, 1.82) is 0 Å². The Morgan fingerprint density at radius 1 is 0.480 bits per heavy atom. The van der Waals surface area contributed by atoms with Crippen molar-refractivity contribution < 1.29 is 0 Å². The molecule has 0 aromatic rings. The molecule has 0 rings (SSSR count). The van der Waals surface area contributed by atoms with Crippen LogP contribution in [0.1, 0.15) is 122 Å². The first-order valence-electron chi connectivity index (χ1n) is 10.8. The molecule has 0 bridgehead atoms. The van der Waals surface area contributed by atoms with Gasteiger partial charge >= 0.3 is 0 Å². The van der Waals surface area contributed by atoms with Gasteiger partial charge in [-0.25, -0.2) is 0 Å². The maximum atomic E-state index is 2.57. The van der Waals surface area contributed by atoms with Crippen molar-refractivity contribution in [3.63, 3.8) is 0 Å². The summed E-state index contributed by atoms with van der Waals surface area (Å²) >= 11 is 0. The lowest BCUT2D eigenvalue weighted by Crippen LogP contribution is -2.40. The molecule has 152 valence electrons. The van der Waals surface area contributed by atoms with Gasteiger partial charge in [-0.2, -0.15) is 0 Å². The van der Waals surface area contributed by atoms with E-state index in [1.807, 2.05) is 0 Å². The van der Waals surface area contributed by atoms with Crippen LogP contribution in [-0.2, 0) is 0 Å². The number of hydrogen-bond acceptors (Lipinski definition) is 0. The summed E-state index contributed by atoms with van der Waals surface area (Å²) in [5.41, 5.74) is 0. The third kappa shape index (κ3) is 5.92. The van der Waals surface area contributed by atoms with Gasteiger partial charge in [0.1, 0.15) is 0 Å². The van der Waals surface area contributed by atoms with Gasteiger partial charge < -0.3 is 0 Å². The van der Waals surface area contributed by atoms with E-state index in [0.29, 0.717) is 20.6 Å². The Labute approximate surface area is 164 Å². The number of hydrogen-bond donors (Lipinski definition) is 0. The van der Waals surface area contributed by atoms with Crippen molar-refractivity contribution in [3.8, 4) is 0 Å². The molecule has 0 heterocycles. The highest BCUT2D eigenvalue weighted by molar-refractivity contribution is 7.78. The Balaban J connectivity index is 6.48. The van der Waals surface area contributed by atoms with Crippen molar-refractivity contribution in [1.82, 2.24) is 0 Å². The van der Waals surface area contributed by atoms with Crippen molar-refractivity contribution in [2.24, 2.45) is 0 Å². The van der Waals surface area contributed by atoms with Crippen LogP contribution in [0, 0.1) is 0 Å². The van der Waals surface area contributed by atoms with E-state index in [1.54, 1.807) is 0 Å². The second-order valence-electron chi connectivity index (χ2n) is 10.3. The molecule has 0 fully saturated rings. The summed E-state index contributed by atoms with van der Waals surface area (Å²) in [4.78, 5) is 0. The molecule has 0 atom stereocenters. The smallest absolute Gasteiger partial charge is 0.00107 e. The lowest BCUT2D eigenvalue weighted by Gasteiger charge is -2.57. The van der Waals surface area contributed by atoms with E-state index in [-0.39, 0.29) is 15.8 Å². The normalized spacial score (nSPS) is 14.9. The monoisotopic (exact) mass is 388 g/mol. The van der Waals surface area contributed by atoms with E-state index < -0.39 is 0 Å². The Morgan fingerprint density at radius 2 is 0.680 bits per heavy atom. The maximum absolute atomic E-state index is 2.57. The summed E-state index contributed by atoms with van der Waals surface area (Å²) in [5, 5.41) is 2.75. The molecular weight excluding hydrogens is 338 g/mol. The predicted molar refractivity (Wildman–Crippen MR) is 125 cm³/mol. The zero-order valence-electron chi connectivity index (χ0n) is 20.0. The molecule has 25 heavy (non-hydrogen) atoms. The molecule has 0 nitrogen and oxygen atoms in total. The highest BCUT2D eigenvalue weighted by atomic mass is 31.2. The van der Waals surface area contributed by atoms with Gasteiger partial charge in [-0.05, 0) is 52.7 Å². The van der Waals surface area contributed by atoms with Gasteiger partial charge in [0.2, 0.25) is 0 Å². The molecule has 0 radical (unpaired) electrons. The van der Waals surface area contributed by atoms with Gasteiger partial charge in [0, 0.05) is 5.40 Å². The first-order chi connectivity index (χ1) is 11.2. The third-order valence-corrected chi connectivity index (χ3v) is 16.8. The molecular formula is C23H50P2. The second kappa shape index (κ2) is 9.37. The van der Waals surface area contributed by atoms with Crippen molar-refractivity contribution in [2.75, 3.05) is 0 Å². The summed E-state index contributed by atoms with van der Waals surface area (Å²) in [5.74, 6) is 0. The van der Waals surface area contributed by atoms with Crippen LogP contribution in [0.3, 0.4) is 0 Å². The van der Waals surface area contributed by atoms with Crippen LogP contribution in [0.2, 0.25) is 0 Å². The number of rotatable bonds is 11. The molecule has 0 aliphatic rings. The third-order valence-electron chi connectivity index (χ3n) is 7.03. The van der Waals surface area contributed by atoms with E-state index in [4.69, 9.17) is 0 Å². The van der Waals surface area contributed by atoms with Crippen LogP contribution in [-0.4, -0.2) is 26.0 Å². The van der Waals surface area contributed by atoms with Crippen LogP contribution in [0.15, 0.2) is 0 Å². The van der Waals surface area contributed by atoms with E-state index >= 15 is 0 Å². The van der Waals surface area contributed by atoms with Gasteiger partial charge in [-0.15, -0.1) is 0 Å². The van der Waals surface area contributed by atoms with Crippen LogP contribution in [0.5, 0.6) is 0 Å². The van der Waals surface area contributed by atoms with Crippen molar-refractivity contribution >= 4 is 15.8 Å². The SMILES string of the molecule is CCC(P(C(C)(C)CC)C(C)(C)CC)P(C(C)(C)CC)C(C)(C)CC. The van der Waals surface area contributed by atoms with Crippen LogP contribution < -0.4 is 0 Å². The minimum absolute atomic E-state index is 0.0615. The zero-order chi connectivity index (χ0) is 20.3. The van der Waals surface area contributed by atoms with Gasteiger partial charge in [-0.3, -0.25) is 0 Å². The fourth-order valence-electron chi connectivity index (χ4n) is 4.41. The first-order valence-corrected chi connectivity index (χ1v) is 13.6. The molecule has 0 aromatic carbocycles. The lowest BCUT2D eigenvalue weighted by atomic mass is 10.1. The van der Waals surface area contributed by atoms with Crippen LogP contribution >= 0.6 is 15.8 Å². The Morgan fingerprint density at radius 3 is 0.800 bits per heavy atom. The second-order valence-corrected chi connectivity index (χ2v) is 18.3. The first kappa shape index (κ1) is 25.9. The summed E-state index contributed by atoms with van der Waals surface area (Å²) in [6, 6.07) is 0. The van der Waals surface area contributed by atoms with Crippen molar-refractivity contribution in [3.05, 3.63) is 0 Å². The molecule has 0 unspecified atom stereocenters. The minimum atomic E-state index is -0.0615. The molecule has 0 aliphatic carbocycles. The molecule has 0 aromatic heterocycles. The van der Waals surface area contributed by atoms with Crippen LogP contribution in [0.25, 0.3) is 0 Å². The molecule has 0 saturated heterocycles. The summed E-state index contributed by atoms with van der Waals surface area (Å²) in [6.07, 6.45) is 6.58. The standard InChI is InChI=1S/C23H50P2/c1-14-19(24(20(6,7)15-2)21(8,9)16-3)25(22(10,11)17-4)23(12,13)18-5/h19H,14-18H2,1-13H3. The Hall–Kier alpha value is 0.860. The van der Waals surface area contributed by atoms with Gasteiger partial charge in [-0.1, -0.05) is 106 Å². The average Bonchev–Trinajstić information content (AvgIpc) is 2.53.